The van der Waals surface area contributed by atoms with Gasteiger partial charge in [-0.25, -0.2) is 0 Å². The molecule has 2 aromatic rings. The van der Waals surface area contributed by atoms with Gasteiger partial charge in [0.25, 0.3) is 0 Å². The Bertz CT molecular complexity index is 514. The number of halogens is 2. The summed E-state index contributed by atoms with van der Waals surface area (Å²) in [4.78, 5) is 10.8. The van der Waals surface area contributed by atoms with Crippen LogP contribution >= 0.6 is 23.2 Å². The highest BCUT2D eigenvalue weighted by Gasteiger charge is 2.15. The minimum atomic E-state index is 0.0891. The Morgan fingerprint density at radius 1 is 1.36 bits per heavy atom. The van der Waals surface area contributed by atoms with E-state index in [1.807, 2.05) is 13.0 Å². The van der Waals surface area contributed by atoms with Crippen LogP contribution in [0.4, 0.5) is 0 Å². The summed E-state index contributed by atoms with van der Waals surface area (Å²) >= 11 is 11.7. The van der Waals surface area contributed by atoms with Crippen molar-refractivity contribution in [3.8, 4) is 0 Å². The third-order valence-corrected chi connectivity index (χ3v) is 2.69. The van der Waals surface area contributed by atoms with Crippen LogP contribution in [0.2, 0.25) is 10.2 Å². The molecule has 0 saturated heterocycles. The number of aryl methyl sites for hydroxylation is 1. The van der Waals surface area contributed by atoms with E-state index in [2.05, 4.69) is 0 Å². The Balaban J connectivity index is 3.00. The lowest BCUT2D eigenvalue weighted by Gasteiger charge is -1.96. The monoisotopic (exact) mass is 228 g/mol. The largest absolute Gasteiger partial charge is 0.442 e. The van der Waals surface area contributed by atoms with Crippen LogP contribution < -0.4 is 0 Å². The summed E-state index contributed by atoms with van der Waals surface area (Å²) in [5, 5.41) is 1.24. The lowest BCUT2D eigenvalue weighted by molar-refractivity contribution is 0.112. The highest BCUT2D eigenvalue weighted by molar-refractivity contribution is 6.37. The molecule has 0 unspecified atom stereocenters. The average molecular weight is 229 g/mol. The maximum Gasteiger partial charge on any atom is 0.205 e. The van der Waals surface area contributed by atoms with Gasteiger partial charge in [-0.05, 0) is 30.2 Å². The predicted octanol–water partition coefficient (Wildman–Crippen LogP) is 3.86. The first kappa shape index (κ1) is 9.56. The molecule has 4 heteroatoms. The van der Waals surface area contributed by atoms with E-state index in [4.69, 9.17) is 27.6 Å². The first-order chi connectivity index (χ1) is 6.65. The zero-order valence-electron chi connectivity index (χ0n) is 7.30. The maximum absolute atomic E-state index is 10.8. The summed E-state index contributed by atoms with van der Waals surface area (Å²) in [7, 11) is 0. The van der Waals surface area contributed by atoms with Crippen molar-refractivity contribution in [2.45, 2.75) is 6.92 Å². The summed E-state index contributed by atoms with van der Waals surface area (Å²) in [6.45, 7) is 1.87. The Kier molecular flexibility index (Phi) is 2.25. The standard InChI is InChI=1S/C10H6Cl2O2/c1-5-2-3-7(11)9-8(5)6(4-13)10(12)14-9/h2-4H,1H3. The van der Waals surface area contributed by atoms with Gasteiger partial charge >= 0.3 is 0 Å². The maximum atomic E-state index is 10.8. The normalized spacial score (nSPS) is 10.8. The Labute approximate surface area is 90.4 Å². The number of fused-ring (bicyclic) bond motifs is 1. The van der Waals surface area contributed by atoms with E-state index in [1.54, 1.807) is 6.07 Å². The highest BCUT2D eigenvalue weighted by Crippen LogP contribution is 2.34. The first-order valence-corrected chi connectivity index (χ1v) is 4.73. The van der Waals surface area contributed by atoms with Crippen LogP contribution in [-0.4, -0.2) is 6.29 Å². The second-order valence-electron chi connectivity index (χ2n) is 2.98. The minimum absolute atomic E-state index is 0.0891. The van der Waals surface area contributed by atoms with Crippen molar-refractivity contribution in [3.05, 3.63) is 33.5 Å². The van der Waals surface area contributed by atoms with Crippen LogP contribution in [0.3, 0.4) is 0 Å². The molecule has 2 nitrogen and oxygen atoms in total. The molecule has 72 valence electrons. The molecule has 0 amide bonds. The van der Waals surface area contributed by atoms with Crippen LogP contribution in [-0.2, 0) is 0 Å². The molecular formula is C10H6Cl2O2. The molecule has 0 aliphatic heterocycles. The molecule has 0 bridgehead atoms. The molecule has 1 heterocycles. The molecule has 0 aliphatic rings. The van der Waals surface area contributed by atoms with Gasteiger partial charge in [0, 0.05) is 5.39 Å². The van der Waals surface area contributed by atoms with Gasteiger partial charge < -0.3 is 4.42 Å². The van der Waals surface area contributed by atoms with E-state index in [0.29, 0.717) is 27.8 Å². The summed E-state index contributed by atoms with van der Waals surface area (Å²) in [5.74, 6) is 0. The lowest BCUT2D eigenvalue weighted by atomic mass is 10.1. The zero-order valence-corrected chi connectivity index (χ0v) is 8.82. The first-order valence-electron chi connectivity index (χ1n) is 3.97. The van der Waals surface area contributed by atoms with Crippen LogP contribution in [0.25, 0.3) is 11.0 Å². The number of hydrogen-bond acceptors (Lipinski definition) is 2. The van der Waals surface area contributed by atoms with Gasteiger partial charge in [0.2, 0.25) is 5.22 Å². The Morgan fingerprint density at radius 2 is 2.07 bits per heavy atom. The fourth-order valence-corrected chi connectivity index (χ4v) is 1.85. The number of benzene rings is 1. The lowest BCUT2D eigenvalue weighted by Crippen LogP contribution is -1.81. The van der Waals surface area contributed by atoms with E-state index in [9.17, 15) is 4.79 Å². The van der Waals surface area contributed by atoms with Gasteiger partial charge in [-0.3, -0.25) is 4.79 Å². The number of carbonyl (C=O) groups excluding carboxylic acids is 1. The zero-order chi connectivity index (χ0) is 10.3. The Morgan fingerprint density at radius 3 is 2.71 bits per heavy atom. The fourth-order valence-electron chi connectivity index (χ4n) is 1.44. The van der Waals surface area contributed by atoms with Crippen LogP contribution in [0.1, 0.15) is 15.9 Å². The third kappa shape index (κ3) is 1.22. The minimum Gasteiger partial charge on any atom is -0.442 e. The van der Waals surface area contributed by atoms with Crippen molar-refractivity contribution in [2.24, 2.45) is 0 Å². The number of aldehydes is 1. The second kappa shape index (κ2) is 3.30. The SMILES string of the molecule is Cc1ccc(Cl)c2oc(Cl)c(C=O)c12. The average Bonchev–Trinajstić information content (AvgIpc) is 2.50. The Hall–Kier alpha value is -0.990. The molecule has 0 saturated carbocycles. The van der Waals surface area contributed by atoms with Gasteiger partial charge in [-0.1, -0.05) is 17.7 Å². The predicted molar refractivity (Wildman–Crippen MR) is 56.4 cm³/mol. The molecule has 0 aliphatic carbocycles. The van der Waals surface area contributed by atoms with E-state index < -0.39 is 0 Å². The quantitative estimate of drug-likeness (QED) is 0.695. The highest BCUT2D eigenvalue weighted by atomic mass is 35.5. The van der Waals surface area contributed by atoms with Crippen molar-refractivity contribution in [3.63, 3.8) is 0 Å². The van der Waals surface area contributed by atoms with Gasteiger partial charge in [0.1, 0.15) is 0 Å². The van der Waals surface area contributed by atoms with Crippen molar-refractivity contribution < 1.29 is 9.21 Å². The van der Waals surface area contributed by atoms with Crippen molar-refractivity contribution in [1.82, 2.24) is 0 Å². The summed E-state index contributed by atoms with van der Waals surface area (Å²) in [6.07, 6.45) is 0.678. The molecule has 0 fully saturated rings. The smallest absolute Gasteiger partial charge is 0.205 e. The third-order valence-electron chi connectivity index (χ3n) is 2.11. The molecule has 2 rings (SSSR count). The van der Waals surface area contributed by atoms with E-state index in [1.165, 1.54) is 0 Å². The number of rotatable bonds is 1. The van der Waals surface area contributed by atoms with Crippen molar-refractivity contribution in [2.75, 3.05) is 0 Å². The van der Waals surface area contributed by atoms with Crippen LogP contribution in [0.5, 0.6) is 0 Å². The van der Waals surface area contributed by atoms with Gasteiger partial charge in [0.05, 0.1) is 10.6 Å². The van der Waals surface area contributed by atoms with E-state index in [-0.39, 0.29) is 5.22 Å². The molecular weight excluding hydrogens is 223 g/mol. The van der Waals surface area contributed by atoms with E-state index >= 15 is 0 Å². The molecule has 0 spiro atoms. The van der Waals surface area contributed by atoms with Crippen LogP contribution in [0.15, 0.2) is 16.5 Å². The molecule has 1 aromatic heterocycles. The number of furan rings is 1. The molecule has 0 N–H and O–H groups in total. The van der Waals surface area contributed by atoms with Gasteiger partial charge in [-0.2, -0.15) is 0 Å². The summed E-state index contributed by atoms with van der Waals surface area (Å²) in [6, 6.07) is 3.54. The van der Waals surface area contributed by atoms with Gasteiger partial charge in [-0.15, -0.1) is 0 Å². The summed E-state index contributed by atoms with van der Waals surface area (Å²) in [5.41, 5.74) is 1.75. The fraction of sp³-hybridized carbons (Fsp3) is 0.100. The van der Waals surface area contributed by atoms with Crippen molar-refractivity contribution in [1.29, 1.82) is 0 Å². The second-order valence-corrected chi connectivity index (χ2v) is 3.73. The van der Waals surface area contributed by atoms with Crippen molar-refractivity contribution >= 4 is 40.5 Å². The van der Waals surface area contributed by atoms with Crippen LogP contribution in [0, 0.1) is 6.92 Å². The topological polar surface area (TPSA) is 30.2 Å². The number of hydrogen-bond donors (Lipinski definition) is 0. The summed E-state index contributed by atoms with van der Waals surface area (Å²) < 4.78 is 5.20. The molecule has 14 heavy (non-hydrogen) atoms. The van der Waals surface area contributed by atoms with E-state index in [0.717, 1.165) is 5.56 Å². The molecule has 1 aromatic carbocycles. The van der Waals surface area contributed by atoms with Gasteiger partial charge in [0.15, 0.2) is 11.9 Å². The molecule has 0 radical (unpaired) electrons. The number of carbonyl (C=O) groups is 1. The molecule has 0 atom stereocenters.